The van der Waals surface area contributed by atoms with Crippen LogP contribution in [0.4, 0.5) is 0 Å². The average molecular weight is 573 g/mol. The number of carboxylic acids is 1. The number of benzene rings is 1. The first-order valence-corrected chi connectivity index (χ1v) is 16.5. The van der Waals surface area contributed by atoms with Gasteiger partial charge in [0.2, 0.25) is 0 Å². The summed E-state index contributed by atoms with van der Waals surface area (Å²) in [5.41, 5.74) is 4.48. The molecule has 228 valence electrons. The maximum absolute atomic E-state index is 13.0. The molecule has 0 spiro atoms. The number of esters is 1. The van der Waals surface area contributed by atoms with Crippen LogP contribution in [0.1, 0.15) is 116 Å². The SMILES string of the molecule is COC(=O)c1ccc(C2=CC[C@@]3(C)[C@H](CC[C@@]4(C)[C@H]3CC=C3[C@@H]5[C@@H](C)[C@@H](C)CC[C@]5(C(=O)O)CC[C@]34C)C2(C)C)cc1. The highest BCUT2D eigenvalue weighted by Gasteiger charge is 2.69. The van der Waals surface area contributed by atoms with E-state index in [9.17, 15) is 14.7 Å². The summed E-state index contributed by atoms with van der Waals surface area (Å²) in [4.78, 5) is 25.0. The van der Waals surface area contributed by atoms with Gasteiger partial charge in [-0.25, -0.2) is 4.79 Å². The summed E-state index contributed by atoms with van der Waals surface area (Å²) < 4.78 is 4.92. The lowest BCUT2D eigenvalue weighted by molar-refractivity contribution is -0.179. The van der Waals surface area contributed by atoms with Crippen LogP contribution < -0.4 is 0 Å². The molecule has 6 rings (SSSR count). The highest BCUT2D eigenvalue weighted by Crippen LogP contribution is 2.76. The molecule has 9 atom stereocenters. The molecule has 0 aromatic heterocycles. The van der Waals surface area contributed by atoms with Gasteiger partial charge in [0, 0.05) is 0 Å². The topological polar surface area (TPSA) is 63.6 Å². The molecule has 0 bridgehead atoms. The third-order valence-corrected chi connectivity index (χ3v) is 14.6. The van der Waals surface area contributed by atoms with Gasteiger partial charge in [-0.3, -0.25) is 4.79 Å². The zero-order chi connectivity index (χ0) is 30.5. The summed E-state index contributed by atoms with van der Waals surface area (Å²) in [7, 11) is 1.43. The second kappa shape index (κ2) is 9.57. The second-order valence-corrected chi connectivity index (χ2v) is 16.2. The Balaban J connectivity index is 1.39. The Morgan fingerprint density at radius 2 is 1.57 bits per heavy atom. The van der Waals surface area contributed by atoms with Crippen LogP contribution in [0.15, 0.2) is 42.0 Å². The van der Waals surface area contributed by atoms with Gasteiger partial charge in [-0.2, -0.15) is 0 Å². The lowest BCUT2D eigenvalue weighted by Gasteiger charge is -2.70. The summed E-state index contributed by atoms with van der Waals surface area (Å²) in [5.74, 6) is 1.39. The molecule has 42 heavy (non-hydrogen) atoms. The first-order valence-electron chi connectivity index (χ1n) is 16.5. The van der Waals surface area contributed by atoms with Crippen LogP contribution in [0.3, 0.4) is 0 Å². The predicted octanol–water partition coefficient (Wildman–Crippen LogP) is 9.21. The van der Waals surface area contributed by atoms with Gasteiger partial charge in [0.1, 0.15) is 0 Å². The number of allylic oxidation sites excluding steroid dienone is 4. The van der Waals surface area contributed by atoms with Gasteiger partial charge in [0.15, 0.2) is 0 Å². The van der Waals surface area contributed by atoms with Crippen LogP contribution in [-0.4, -0.2) is 24.2 Å². The van der Waals surface area contributed by atoms with Crippen LogP contribution in [0.2, 0.25) is 0 Å². The first kappa shape index (κ1) is 29.7. The van der Waals surface area contributed by atoms with Gasteiger partial charge in [0.25, 0.3) is 0 Å². The van der Waals surface area contributed by atoms with E-state index in [0.717, 1.165) is 38.5 Å². The molecule has 0 heterocycles. The number of rotatable bonds is 3. The molecular formula is C38H52O4. The standard InChI is InChI=1S/C38H52O4/c1-23-15-20-38(33(40)41)22-21-36(6)28(31(38)24(23)2)13-14-30-35(5)18-16-27(25-9-11-26(12-10-25)32(39)42-8)34(3,4)29(35)17-19-37(30,36)7/h9-13,16,23-24,29-31H,14-15,17-22H2,1-8H3,(H,40,41)/t23-,24-,29+,30-,31-,35-,36+,37-,38-/m0/s1. The number of aliphatic carboxylic acids is 1. The van der Waals surface area contributed by atoms with Crippen LogP contribution in [0.5, 0.6) is 0 Å². The fourth-order valence-electron chi connectivity index (χ4n) is 11.9. The van der Waals surface area contributed by atoms with Crippen LogP contribution >= 0.6 is 0 Å². The molecule has 1 N–H and O–H groups in total. The minimum Gasteiger partial charge on any atom is -0.481 e. The van der Waals surface area contributed by atoms with Gasteiger partial charge in [-0.15, -0.1) is 0 Å². The maximum atomic E-state index is 13.0. The molecule has 1 aromatic carbocycles. The van der Waals surface area contributed by atoms with Crippen LogP contribution in [-0.2, 0) is 9.53 Å². The van der Waals surface area contributed by atoms with E-state index in [4.69, 9.17) is 4.74 Å². The summed E-state index contributed by atoms with van der Waals surface area (Å²) >= 11 is 0. The van der Waals surface area contributed by atoms with Crippen LogP contribution in [0.25, 0.3) is 5.57 Å². The van der Waals surface area contributed by atoms with Crippen molar-refractivity contribution in [2.45, 2.75) is 99.8 Å². The van der Waals surface area contributed by atoms with Crippen LogP contribution in [0, 0.1) is 56.7 Å². The Bertz CT molecular complexity index is 1350. The van der Waals surface area contributed by atoms with E-state index in [-0.39, 0.29) is 33.5 Å². The predicted molar refractivity (Wildman–Crippen MR) is 168 cm³/mol. The van der Waals surface area contributed by atoms with Crippen molar-refractivity contribution in [3.8, 4) is 0 Å². The molecule has 1 aromatic rings. The van der Waals surface area contributed by atoms with Crippen molar-refractivity contribution in [2.24, 2.45) is 56.7 Å². The number of hydrogen-bond donors (Lipinski definition) is 1. The Morgan fingerprint density at radius 1 is 0.881 bits per heavy atom. The van der Waals surface area contributed by atoms with Crippen molar-refractivity contribution in [3.05, 3.63) is 53.1 Å². The third-order valence-electron chi connectivity index (χ3n) is 14.6. The smallest absolute Gasteiger partial charge is 0.337 e. The molecule has 4 heteroatoms. The van der Waals surface area contributed by atoms with Crippen molar-refractivity contribution in [1.82, 2.24) is 0 Å². The van der Waals surface area contributed by atoms with Gasteiger partial charge in [-0.05, 0) is 126 Å². The zero-order valence-electron chi connectivity index (χ0n) is 27.2. The fraction of sp³-hybridized carbons (Fsp3) is 0.684. The monoisotopic (exact) mass is 572 g/mol. The van der Waals surface area contributed by atoms with E-state index in [0.29, 0.717) is 29.2 Å². The molecule has 5 aliphatic carbocycles. The third kappa shape index (κ3) is 3.71. The largest absolute Gasteiger partial charge is 0.481 e. The minimum absolute atomic E-state index is 0.00432. The Kier molecular flexibility index (Phi) is 6.77. The van der Waals surface area contributed by atoms with Gasteiger partial charge in [-0.1, -0.05) is 78.3 Å². The molecule has 4 nitrogen and oxygen atoms in total. The minimum atomic E-state index is -0.588. The average Bonchev–Trinajstić information content (AvgIpc) is 2.94. The number of methoxy groups -OCH3 is 1. The van der Waals surface area contributed by atoms with Crippen molar-refractivity contribution in [2.75, 3.05) is 7.11 Å². The first-order chi connectivity index (χ1) is 19.7. The maximum Gasteiger partial charge on any atom is 0.337 e. The fourth-order valence-corrected chi connectivity index (χ4v) is 11.9. The highest BCUT2D eigenvalue weighted by atomic mass is 16.5. The second-order valence-electron chi connectivity index (χ2n) is 16.2. The molecular weight excluding hydrogens is 520 g/mol. The Labute approximate surface area is 253 Å². The van der Waals surface area contributed by atoms with Crippen molar-refractivity contribution in [3.63, 3.8) is 0 Å². The van der Waals surface area contributed by atoms with E-state index in [2.05, 4.69) is 72.8 Å². The summed E-state index contributed by atoms with van der Waals surface area (Å²) in [6.45, 7) is 17.3. The highest BCUT2D eigenvalue weighted by molar-refractivity contribution is 5.90. The number of carbonyl (C=O) groups excluding carboxylic acids is 1. The number of ether oxygens (including phenoxy) is 1. The molecule has 0 amide bonds. The van der Waals surface area contributed by atoms with Crippen molar-refractivity contribution < 1.29 is 19.4 Å². The van der Waals surface area contributed by atoms with Gasteiger partial charge < -0.3 is 9.84 Å². The van der Waals surface area contributed by atoms with Crippen molar-refractivity contribution >= 4 is 17.5 Å². The van der Waals surface area contributed by atoms with E-state index in [1.54, 1.807) is 0 Å². The van der Waals surface area contributed by atoms with E-state index in [1.165, 1.54) is 36.7 Å². The van der Waals surface area contributed by atoms with E-state index < -0.39 is 11.4 Å². The Morgan fingerprint density at radius 3 is 2.21 bits per heavy atom. The number of hydrogen-bond acceptors (Lipinski definition) is 3. The Hall–Kier alpha value is -2.36. The molecule has 3 fully saturated rings. The number of fused-ring (bicyclic) bond motifs is 7. The zero-order valence-corrected chi connectivity index (χ0v) is 27.2. The van der Waals surface area contributed by atoms with Gasteiger partial charge >= 0.3 is 11.9 Å². The number of carboxylic acid groups (broad SMARTS) is 1. The lowest BCUT2D eigenvalue weighted by atomic mass is 9.33. The lowest BCUT2D eigenvalue weighted by Crippen LogP contribution is -2.64. The molecule has 0 aliphatic heterocycles. The summed E-state index contributed by atoms with van der Waals surface area (Å²) in [6.07, 6.45) is 13.3. The summed E-state index contributed by atoms with van der Waals surface area (Å²) in [6, 6.07) is 7.97. The van der Waals surface area contributed by atoms with E-state index in [1.807, 2.05) is 12.1 Å². The van der Waals surface area contributed by atoms with Gasteiger partial charge in [0.05, 0.1) is 18.1 Å². The summed E-state index contributed by atoms with van der Waals surface area (Å²) in [5, 5.41) is 10.7. The van der Waals surface area contributed by atoms with Crippen molar-refractivity contribution in [1.29, 1.82) is 0 Å². The molecule has 0 saturated heterocycles. The molecule has 5 aliphatic rings. The molecule has 0 radical (unpaired) electrons. The van der Waals surface area contributed by atoms with E-state index >= 15 is 0 Å². The molecule has 0 unspecified atom stereocenters. The normalized spacial score (nSPS) is 43.9. The quantitative estimate of drug-likeness (QED) is 0.290. The molecule has 3 saturated carbocycles. The number of carbonyl (C=O) groups is 2.